The summed E-state index contributed by atoms with van der Waals surface area (Å²) in [6, 6.07) is 0. The van der Waals surface area contributed by atoms with Gasteiger partial charge in [0.25, 0.3) is 0 Å². The zero-order valence-electron chi connectivity index (χ0n) is 13.4. The second-order valence-electron chi connectivity index (χ2n) is 6.65. The number of ether oxygens (including phenoxy) is 2. The van der Waals surface area contributed by atoms with E-state index in [0.29, 0.717) is 45.3 Å². The maximum Gasteiger partial charge on any atom is 0.509 e. The summed E-state index contributed by atoms with van der Waals surface area (Å²) in [7, 11) is 0. The van der Waals surface area contributed by atoms with Gasteiger partial charge < -0.3 is 19.3 Å². The smallest absolute Gasteiger partial charge is 0.430 e. The number of rotatable bonds is 3. The summed E-state index contributed by atoms with van der Waals surface area (Å²) in [6.45, 7) is 2.71. The van der Waals surface area contributed by atoms with Crippen LogP contribution in [0.4, 0.5) is 4.79 Å². The zero-order valence-corrected chi connectivity index (χ0v) is 13.4. The van der Waals surface area contributed by atoms with E-state index in [0.717, 1.165) is 25.8 Å². The number of carbonyl (C=O) groups is 3. The maximum atomic E-state index is 12.3. The molecule has 23 heavy (non-hydrogen) atoms. The summed E-state index contributed by atoms with van der Waals surface area (Å²) >= 11 is 0. The fourth-order valence-corrected chi connectivity index (χ4v) is 3.50. The molecular formula is C16H24N2O5. The van der Waals surface area contributed by atoms with Gasteiger partial charge in [0.05, 0.1) is 0 Å². The third kappa shape index (κ3) is 3.76. The molecule has 0 unspecified atom stereocenters. The van der Waals surface area contributed by atoms with Crippen LogP contribution in [0.5, 0.6) is 0 Å². The molecule has 128 valence electrons. The van der Waals surface area contributed by atoms with Crippen LogP contribution >= 0.6 is 0 Å². The standard InChI is InChI=1S/C16H24N2O5/c19-13-4-2-1-3-8-17(13)9-5-14(20)18-10-6-16(7-11-18)12-22-15(21)23-16/h1-12H2. The minimum atomic E-state index is -0.607. The molecule has 0 saturated carbocycles. The second-order valence-corrected chi connectivity index (χ2v) is 6.65. The fraction of sp³-hybridized carbons (Fsp3) is 0.812. The lowest BCUT2D eigenvalue weighted by atomic mass is 9.92. The van der Waals surface area contributed by atoms with Gasteiger partial charge in [0, 0.05) is 51.9 Å². The SMILES string of the molecule is O=C1OCC2(CCN(C(=O)CCN3CCCCCC3=O)CC2)O1. The van der Waals surface area contributed by atoms with Crippen molar-refractivity contribution >= 4 is 18.0 Å². The molecule has 0 aromatic rings. The molecule has 2 amide bonds. The van der Waals surface area contributed by atoms with Crippen molar-refractivity contribution in [1.82, 2.24) is 9.80 Å². The molecule has 0 aromatic carbocycles. The molecule has 1 spiro atoms. The second kappa shape index (κ2) is 6.76. The first-order valence-electron chi connectivity index (χ1n) is 8.49. The number of piperidine rings is 1. The molecule has 0 radical (unpaired) electrons. The van der Waals surface area contributed by atoms with E-state index >= 15 is 0 Å². The first kappa shape index (κ1) is 16.1. The van der Waals surface area contributed by atoms with Crippen LogP contribution in [0.2, 0.25) is 0 Å². The molecular weight excluding hydrogens is 300 g/mol. The summed E-state index contributed by atoms with van der Waals surface area (Å²) in [6.07, 6.45) is 4.67. The van der Waals surface area contributed by atoms with E-state index in [9.17, 15) is 14.4 Å². The predicted molar refractivity (Wildman–Crippen MR) is 80.6 cm³/mol. The Hall–Kier alpha value is -1.79. The largest absolute Gasteiger partial charge is 0.509 e. The van der Waals surface area contributed by atoms with Crippen molar-refractivity contribution in [3.8, 4) is 0 Å². The Labute approximate surface area is 135 Å². The van der Waals surface area contributed by atoms with E-state index < -0.39 is 11.8 Å². The Morgan fingerprint density at radius 1 is 1.09 bits per heavy atom. The molecule has 7 heteroatoms. The molecule has 0 bridgehead atoms. The third-order valence-corrected chi connectivity index (χ3v) is 5.05. The minimum absolute atomic E-state index is 0.0714. The number of carbonyl (C=O) groups excluding carboxylic acids is 3. The molecule has 3 rings (SSSR count). The highest BCUT2D eigenvalue weighted by atomic mass is 16.8. The molecule has 0 aliphatic carbocycles. The van der Waals surface area contributed by atoms with Gasteiger partial charge in [0.1, 0.15) is 6.61 Å². The summed E-state index contributed by atoms with van der Waals surface area (Å²) in [4.78, 5) is 39.0. The van der Waals surface area contributed by atoms with Crippen LogP contribution in [-0.4, -0.2) is 66.2 Å². The lowest BCUT2D eigenvalue weighted by Gasteiger charge is -2.36. The van der Waals surface area contributed by atoms with Gasteiger partial charge in [0.2, 0.25) is 11.8 Å². The van der Waals surface area contributed by atoms with Crippen LogP contribution in [0.1, 0.15) is 44.9 Å². The first-order valence-corrected chi connectivity index (χ1v) is 8.49. The fourth-order valence-electron chi connectivity index (χ4n) is 3.50. The van der Waals surface area contributed by atoms with Gasteiger partial charge in [-0.15, -0.1) is 0 Å². The molecule has 0 atom stereocenters. The topological polar surface area (TPSA) is 76.2 Å². The third-order valence-electron chi connectivity index (χ3n) is 5.05. The van der Waals surface area contributed by atoms with Gasteiger partial charge in [0.15, 0.2) is 5.60 Å². The highest BCUT2D eigenvalue weighted by Crippen LogP contribution is 2.31. The Morgan fingerprint density at radius 3 is 2.57 bits per heavy atom. The van der Waals surface area contributed by atoms with Crippen molar-refractivity contribution < 1.29 is 23.9 Å². The molecule has 3 fully saturated rings. The van der Waals surface area contributed by atoms with Gasteiger partial charge in [-0.1, -0.05) is 6.42 Å². The van der Waals surface area contributed by atoms with Crippen LogP contribution in [0.25, 0.3) is 0 Å². The van der Waals surface area contributed by atoms with Crippen LogP contribution in [0.15, 0.2) is 0 Å². The number of amides is 2. The molecule has 3 saturated heterocycles. The molecule has 3 aliphatic rings. The van der Waals surface area contributed by atoms with E-state index in [1.807, 2.05) is 4.90 Å². The average molecular weight is 324 g/mol. The van der Waals surface area contributed by atoms with Crippen LogP contribution in [0.3, 0.4) is 0 Å². The van der Waals surface area contributed by atoms with E-state index in [4.69, 9.17) is 9.47 Å². The van der Waals surface area contributed by atoms with Crippen LogP contribution < -0.4 is 0 Å². The highest BCUT2D eigenvalue weighted by molar-refractivity contribution is 5.79. The summed E-state index contributed by atoms with van der Waals surface area (Å²) in [5, 5.41) is 0. The van der Waals surface area contributed by atoms with Gasteiger partial charge in [-0.25, -0.2) is 4.79 Å². The average Bonchev–Trinajstić information content (AvgIpc) is 2.77. The van der Waals surface area contributed by atoms with Gasteiger partial charge in [-0.2, -0.15) is 0 Å². The Kier molecular flexibility index (Phi) is 4.73. The van der Waals surface area contributed by atoms with Gasteiger partial charge >= 0.3 is 6.16 Å². The monoisotopic (exact) mass is 324 g/mol. The van der Waals surface area contributed by atoms with Crippen molar-refractivity contribution in [3.63, 3.8) is 0 Å². The van der Waals surface area contributed by atoms with Crippen LogP contribution in [0, 0.1) is 0 Å². The number of nitrogens with zero attached hydrogens (tertiary/aromatic N) is 2. The minimum Gasteiger partial charge on any atom is -0.430 e. The van der Waals surface area contributed by atoms with E-state index in [1.165, 1.54) is 0 Å². The molecule has 0 N–H and O–H groups in total. The lowest BCUT2D eigenvalue weighted by molar-refractivity contribution is -0.136. The van der Waals surface area contributed by atoms with Crippen molar-refractivity contribution in [1.29, 1.82) is 0 Å². The molecule has 7 nitrogen and oxygen atoms in total. The number of likely N-dealkylation sites (tertiary alicyclic amines) is 2. The molecule has 0 aromatic heterocycles. The molecule has 3 aliphatic heterocycles. The Morgan fingerprint density at radius 2 is 1.87 bits per heavy atom. The Bertz CT molecular complexity index is 485. The van der Waals surface area contributed by atoms with Gasteiger partial charge in [-0.3, -0.25) is 9.59 Å². The van der Waals surface area contributed by atoms with E-state index in [-0.39, 0.29) is 18.4 Å². The normalized spacial score (nSPS) is 24.3. The van der Waals surface area contributed by atoms with Crippen molar-refractivity contribution in [2.45, 2.75) is 50.5 Å². The predicted octanol–water partition coefficient (Wildman–Crippen LogP) is 1.31. The summed E-state index contributed by atoms with van der Waals surface area (Å²) in [5.41, 5.74) is -0.533. The van der Waals surface area contributed by atoms with Gasteiger partial charge in [-0.05, 0) is 12.8 Å². The lowest BCUT2D eigenvalue weighted by Crippen LogP contribution is -2.48. The first-order chi connectivity index (χ1) is 11.1. The van der Waals surface area contributed by atoms with Crippen molar-refractivity contribution in [2.24, 2.45) is 0 Å². The molecule has 3 heterocycles. The number of cyclic esters (lactones) is 1. The van der Waals surface area contributed by atoms with Crippen molar-refractivity contribution in [2.75, 3.05) is 32.8 Å². The maximum absolute atomic E-state index is 12.3. The Balaban J connectivity index is 1.44. The van der Waals surface area contributed by atoms with E-state index in [1.54, 1.807) is 4.90 Å². The van der Waals surface area contributed by atoms with Crippen molar-refractivity contribution in [3.05, 3.63) is 0 Å². The highest BCUT2D eigenvalue weighted by Gasteiger charge is 2.45. The number of hydrogen-bond acceptors (Lipinski definition) is 5. The van der Waals surface area contributed by atoms with E-state index in [2.05, 4.69) is 0 Å². The summed E-state index contributed by atoms with van der Waals surface area (Å²) in [5.74, 6) is 0.241. The summed E-state index contributed by atoms with van der Waals surface area (Å²) < 4.78 is 10.1. The number of hydrogen-bond donors (Lipinski definition) is 0. The zero-order chi connectivity index (χ0) is 16.3. The van der Waals surface area contributed by atoms with Crippen LogP contribution in [-0.2, 0) is 19.1 Å². The quantitative estimate of drug-likeness (QED) is 0.732.